The molecule has 7 nitrogen and oxygen atoms in total. The number of amides is 2. The first-order valence-corrected chi connectivity index (χ1v) is 8.45. The van der Waals surface area contributed by atoms with E-state index in [4.69, 9.17) is 32.7 Å². The molecular weight excluding hydrogens is 391 g/mol. The largest absolute Gasteiger partial charge is 0.480 e. The molecule has 1 heterocycles. The topological polar surface area (TPSA) is 93.7 Å². The summed E-state index contributed by atoms with van der Waals surface area (Å²) in [7, 11) is 0. The monoisotopic (exact) mass is 402 g/mol. The van der Waals surface area contributed by atoms with Crippen molar-refractivity contribution in [1.82, 2.24) is 10.9 Å². The van der Waals surface area contributed by atoms with Gasteiger partial charge < -0.3 is 9.47 Å². The zero-order chi connectivity index (χ0) is 18.2. The van der Waals surface area contributed by atoms with E-state index in [1.807, 2.05) is 0 Å². The van der Waals surface area contributed by atoms with Crippen molar-refractivity contribution in [2.24, 2.45) is 0 Å². The van der Waals surface area contributed by atoms with Crippen LogP contribution in [0.25, 0.3) is 0 Å². The number of halogens is 2. The predicted octanol–water partition coefficient (Wildman–Crippen LogP) is 2.44. The molecule has 0 unspecified atom stereocenters. The van der Waals surface area contributed by atoms with Crippen LogP contribution in [0.5, 0.6) is 5.75 Å². The molecule has 25 heavy (non-hydrogen) atoms. The number of hydrazine groups is 1. The highest BCUT2D eigenvalue weighted by atomic mass is 35.5. The summed E-state index contributed by atoms with van der Waals surface area (Å²) in [6.07, 6.45) is 0. The number of ether oxygens (including phenoxy) is 2. The Morgan fingerprint density at radius 3 is 2.56 bits per heavy atom. The van der Waals surface area contributed by atoms with Crippen LogP contribution in [0.4, 0.5) is 0 Å². The summed E-state index contributed by atoms with van der Waals surface area (Å²) in [6, 6.07) is 7.83. The molecule has 0 saturated carbocycles. The molecule has 1 aromatic carbocycles. The van der Waals surface area contributed by atoms with Crippen LogP contribution >= 0.6 is 34.5 Å². The summed E-state index contributed by atoms with van der Waals surface area (Å²) < 4.78 is 9.89. The van der Waals surface area contributed by atoms with Crippen LogP contribution in [0.1, 0.15) is 9.67 Å². The van der Waals surface area contributed by atoms with Gasteiger partial charge in [-0.15, -0.1) is 11.3 Å². The van der Waals surface area contributed by atoms with Crippen LogP contribution in [0.15, 0.2) is 35.7 Å². The van der Waals surface area contributed by atoms with Gasteiger partial charge in [-0.25, -0.2) is 4.79 Å². The van der Waals surface area contributed by atoms with Gasteiger partial charge in [0.2, 0.25) is 0 Å². The maximum atomic E-state index is 11.6. The minimum atomic E-state index is -0.772. The van der Waals surface area contributed by atoms with Crippen LogP contribution in [0.3, 0.4) is 0 Å². The number of hydrogen-bond donors (Lipinski definition) is 2. The number of rotatable bonds is 6. The van der Waals surface area contributed by atoms with Gasteiger partial charge in [-0.2, -0.15) is 0 Å². The molecule has 0 bridgehead atoms. The number of thiophene rings is 1. The van der Waals surface area contributed by atoms with Crippen molar-refractivity contribution in [3.8, 4) is 5.75 Å². The Morgan fingerprint density at radius 2 is 1.88 bits per heavy atom. The summed E-state index contributed by atoms with van der Waals surface area (Å²) in [5.41, 5.74) is 4.33. The van der Waals surface area contributed by atoms with Gasteiger partial charge in [-0.1, -0.05) is 29.3 Å². The fourth-order valence-corrected chi connectivity index (χ4v) is 2.63. The Balaban J connectivity index is 1.67. The van der Waals surface area contributed by atoms with Crippen molar-refractivity contribution in [2.45, 2.75) is 0 Å². The molecule has 0 aliphatic rings. The predicted molar refractivity (Wildman–Crippen MR) is 92.8 cm³/mol. The fourth-order valence-electron chi connectivity index (χ4n) is 1.55. The number of esters is 1. The molecule has 0 radical (unpaired) electrons. The van der Waals surface area contributed by atoms with E-state index in [1.165, 1.54) is 23.5 Å². The quantitative estimate of drug-likeness (QED) is 0.571. The third-order valence-corrected chi connectivity index (χ3v) is 4.06. The zero-order valence-electron chi connectivity index (χ0n) is 12.6. The summed E-state index contributed by atoms with van der Waals surface area (Å²) in [5, 5.41) is 2.40. The van der Waals surface area contributed by atoms with E-state index >= 15 is 0 Å². The van der Waals surface area contributed by atoms with Crippen molar-refractivity contribution in [3.63, 3.8) is 0 Å². The van der Waals surface area contributed by atoms with E-state index in [0.717, 1.165) is 0 Å². The second kappa shape index (κ2) is 9.26. The smallest absolute Gasteiger partial charge is 0.344 e. The number of carbonyl (C=O) groups is 3. The second-order valence-electron chi connectivity index (χ2n) is 4.50. The summed E-state index contributed by atoms with van der Waals surface area (Å²) in [6.45, 7) is -1.00. The van der Waals surface area contributed by atoms with E-state index in [0.29, 0.717) is 9.90 Å². The maximum absolute atomic E-state index is 11.6. The number of benzene rings is 1. The Kier molecular flexibility index (Phi) is 7.05. The first-order chi connectivity index (χ1) is 12.0. The molecule has 2 N–H and O–H groups in total. The Morgan fingerprint density at radius 1 is 1.08 bits per heavy atom. The van der Waals surface area contributed by atoms with Gasteiger partial charge in [0.1, 0.15) is 5.75 Å². The lowest BCUT2D eigenvalue weighted by Gasteiger charge is -2.09. The maximum Gasteiger partial charge on any atom is 0.344 e. The molecule has 132 valence electrons. The van der Waals surface area contributed by atoms with Gasteiger partial charge in [-0.3, -0.25) is 20.4 Å². The molecule has 1 aromatic heterocycles. The highest BCUT2D eigenvalue weighted by Crippen LogP contribution is 2.27. The van der Waals surface area contributed by atoms with Crippen LogP contribution in [-0.4, -0.2) is 31.0 Å². The molecule has 0 fully saturated rings. The normalized spacial score (nSPS) is 10.0. The first kappa shape index (κ1) is 19.0. The Labute approximate surface area is 156 Å². The number of carbonyl (C=O) groups excluding carboxylic acids is 3. The van der Waals surface area contributed by atoms with E-state index in [2.05, 4.69) is 10.9 Å². The van der Waals surface area contributed by atoms with Gasteiger partial charge in [-0.05, 0) is 29.6 Å². The molecule has 0 spiro atoms. The first-order valence-electron chi connectivity index (χ1n) is 6.82. The Hall–Kier alpha value is -2.29. The molecule has 0 aliphatic carbocycles. The molecule has 2 aromatic rings. The lowest BCUT2D eigenvalue weighted by Crippen LogP contribution is -2.43. The second-order valence-corrected chi connectivity index (χ2v) is 6.30. The van der Waals surface area contributed by atoms with Gasteiger partial charge in [0.25, 0.3) is 11.8 Å². The summed E-state index contributed by atoms with van der Waals surface area (Å²) in [4.78, 5) is 35.1. The molecule has 2 amide bonds. The van der Waals surface area contributed by atoms with Crippen molar-refractivity contribution in [2.75, 3.05) is 13.2 Å². The standard InChI is InChI=1S/C15H12Cl2N2O5S/c16-9-3-4-11(10(17)6-9)23-8-14(21)24-7-13(20)18-19-15(22)12-2-1-5-25-12/h1-6H,7-8H2,(H,18,20)(H,19,22). The third kappa shape index (κ3) is 6.26. The average molecular weight is 403 g/mol. The fraction of sp³-hybridized carbons (Fsp3) is 0.133. The van der Waals surface area contributed by atoms with Crippen molar-refractivity contribution >= 4 is 52.3 Å². The molecule has 2 rings (SSSR count). The van der Waals surface area contributed by atoms with E-state index in [-0.39, 0.29) is 10.8 Å². The average Bonchev–Trinajstić information content (AvgIpc) is 3.11. The molecule has 0 saturated heterocycles. The van der Waals surface area contributed by atoms with Crippen LogP contribution in [0, 0.1) is 0 Å². The van der Waals surface area contributed by atoms with Crippen LogP contribution < -0.4 is 15.6 Å². The van der Waals surface area contributed by atoms with Gasteiger partial charge in [0.05, 0.1) is 9.90 Å². The zero-order valence-corrected chi connectivity index (χ0v) is 14.9. The highest BCUT2D eigenvalue weighted by Gasteiger charge is 2.12. The van der Waals surface area contributed by atoms with Crippen LogP contribution in [-0.2, 0) is 14.3 Å². The number of hydrogen-bond acceptors (Lipinski definition) is 6. The van der Waals surface area contributed by atoms with Gasteiger partial charge in [0.15, 0.2) is 13.2 Å². The third-order valence-electron chi connectivity index (χ3n) is 2.66. The van der Waals surface area contributed by atoms with E-state index in [9.17, 15) is 14.4 Å². The lowest BCUT2D eigenvalue weighted by molar-refractivity contribution is -0.150. The minimum absolute atomic E-state index is 0.245. The minimum Gasteiger partial charge on any atom is -0.480 e. The molecular formula is C15H12Cl2N2O5S. The van der Waals surface area contributed by atoms with Crippen LogP contribution in [0.2, 0.25) is 10.0 Å². The van der Waals surface area contributed by atoms with Gasteiger partial charge in [0, 0.05) is 5.02 Å². The molecule has 0 aliphatic heterocycles. The van der Waals surface area contributed by atoms with E-state index in [1.54, 1.807) is 23.6 Å². The summed E-state index contributed by atoms with van der Waals surface area (Å²) in [5.74, 6) is -1.67. The SMILES string of the molecule is O=C(COC(=O)COc1ccc(Cl)cc1Cl)NNC(=O)c1cccs1. The van der Waals surface area contributed by atoms with Gasteiger partial charge >= 0.3 is 5.97 Å². The van der Waals surface area contributed by atoms with Crippen molar-refractivity contribution < 1.29 is 23.9 Å². The highest BCUT2D eigenvalue weighted by molar-refractivity contribution is 7.12. The van der Waals surface area contributed by atoms with Crippen molar-refractivity contribution in [1.29, 1.82) is 0 Å². The summed E-state index contributed by atoms with van der Waals surface area (Å²) >= 11 is 12.9. The number of nitrogens with one attached hydrogen (secondary N) is 2. The molecule has 10 heteroatoms. The van der Waals surface area contributed by atoms with Crippen molar-refractivity contribution in [3.05, 3.63) is 50.6 Å². The van der Waals surface area contributed by atoms with E-state index < -0.39 is 31.0 Å². The molecule has 0 atom stereocenters. The Bertz CT molecular complexity index is 767. The lowest BCUT2D eigenvalue weighted by atomic mass is 10.3.